The molecule has 1 aliphatic carbocycles. The van der Waals surface area contributed by atoms with Crippen LogP contribution in [-0.2, 0) is 4.79 Å². The Hall–Kier alpha value is -1.63. The molecular formula is C15H16O. The second kappa shape index (κ2) is 4.93. The standard InChI is InChI=1S/C15H16O/c1-12(16)15(13-8-4-2-5-9-13)14-10-6-3-7-11-14/h2,4-11,14-15H,3H2,1H3/t15-/m0/s1. The van der Waals surface area contributed by atoms with Crippen LogP contribution < -0.4 is 0 Å². The number of Topliss-reactive ketones (excluding diaryl/α,β-unsaturated/α-hetero) is 1. The van der Waals surface area contributed by atoms with E-state index in [9.17, 15) is 4.79 Å². The Balaban J connectivity index is 2.31. The third kappa shape index (κ3) is 2.30. The fourth-order valence-corrected chi connectivity index (χ4v) is 2.22. The van der Waals surface area contributed by atoms with Gasteiger partial charge in [0.1, 0.15) is 5.78 Å². The molecule has 0 N–H and O–H groups in total. The van der Waals surface area contributed by atoms with E-state index in [1.165, 1.54) is 0 Å². The molecule has 0 heterocycles. The normalized spacial score (nSPS) is 17.3. The Kier molecular flexibility index (Phi) is 3.35. The van der Waals surface area contributed by atoms with Gasteiger partial charge in [-0.05, 0) is 18.9 Å². The Bertz CT molecular complexity index is 402. The third-order valence-electron chi connectivity index (χ3n) is 2.97. The maximum absolute atomic E-state index is 11.8. The van der Waals surface area contributed by atoms with Gasteiger partial charge in [0.2, 0.25) is 0 Å². The Morgan fingerprint density at radius 2 is 1.81 bits per heavy atom. The lowest BCUT2D eigenvalue weighted by atomic mass is 9.81. The first-order valence-electron chi connectivity index (χ1n) is 5.68. The van der Waals surface area contributed by atoms with Gasteiger partial charge in [-0.15, -0.1) is 0 Å². The second-order valence-electron chi connectivity index (χ2n) is 4.17. The van der Waals surface area contributed by atoms with Crippen LogP contribution in [0.15, 0.2) is 54.6 Å². The van der Waals surface area contributed by atoms with Gasteiger partial charge in [0, 0.05) is 5.92 Å². The van der Waals surface area contributed by atoms with E-state index >= 15 is 0 Å². The molecule has 1 nitrogen and oxygen atoms in total. The van der Waals surface area contributed by atoms with E-state index < -0.39 is 0 Å². The van der Waals surface area contributed by atoms with Crippen molar-refractivity contribution in [2.75, 3.05) is 0 Å². The highest BCUT2D eigenvalue weighted by Crippen LogP contribution is 2.29. The number of ketones is 1. The van der Waals surface area contributed by atoms with Crippen molar-refractivity contribution in [3.63, 3.8) is 0 Å². The average molecular weight is 212 g/mol. The maximum atomic E-state index is 11.8. The predicted octanol–water partition coefficient (Wildman–Crippen LogP) is 3.49. The minimum absolute atomic E-state index is 0.0333. The monoisotopic (exact) mass is 212 g/mol. The summed E-state index contributed by atoms with van der Waals surface area (Å²) in [5.74, 6) is 0.412. The van der Waals surface area contributed by atoms with Crippen molar-refractivity contribution >= 4 is 5.78 Å². The van der Waals surface area contributed by atoms with Crippen LogP contribution in [0, 0.1) is 5.92 Å². The van der Waals surface area contributed by atoms with Crippen molar-refractivity contribution in [3.05, 3.63) is 60.2 Å². The third-order valence-corrected chi connectivity index (χ3v) is 2.97. The van der Waals surface area contributed by atoms with Crippen LogP contribution in [0.5, 0.6) is 0 Å². The summed E-state index contributed by atoms with van der Waals surface area (Å²) in [6, 6.07) is 10.0. The molecule has 0 amide bonds. The zero-order valence-electron chi connectivity index (χ0n) is 9.47. The van der Waals surface area contributed by atoms with Gasteiger partial charge < -0.3 is 0 Å². The van der Waals surface area contributed by atoms with Crippen LogP contribution in [0.4, 0.5) is 0 Å². The zero-order chi connectivity index (χ0) is 11.4. The van der Waals surface area contributed by atoms with Crippen LogP contribution in [-0.4, -0.2) is 5.78 Å². The van der Waals surface area contributed by atoms with Crippen molar-refractivity contribution in [1.29, 1.82) is 0 Å². The highest BCUT2D eigenvalue weighted by atomic mass is 16.1. The molecule has 1 aromatic carbocycles. The summed E-state index contributed by atoms with van der Waals surface area (Å²) in [6.45, 7) is 1.67. The molecule has 82 valence electrons. The molecule has 0 radical (unpaired) electrons. The Morgan fingerprint density at radius 3 is 2.38 bits per heavy atom. The summed E-state index contributed by atoms with van der Waals surface area (Å²) < 4.78 is 0. The fourth-order valence-electron chi connectivity index (χ4n) is 2.22. The molecule has 1 heteroatoms. The minimum atomic E-state index is -0.0333. The van der Waals surface area contributed by atoms with E-state index in [-0.39, 0.29) is 17.6 Å². The summed E-state index contributed by atoms with van der Waals surface area (Å²) in [5, 5.41) is 0. The molecular weight excluding hydrogens is 196 g/mol. The van der Waals surface area contributed by atoms with E-state index in [0.29, 0.717) is 0 Å². The van der Waals surface area contributed by atoms with Gasteiger partial charge in [-0.25, -0.2) is 0 Å². The topological polar surface area (TPSA) is 17.1 Å². The van der Waals surface area contributed by atoms with Gasteiger partial charge in [0.25, 0.3) is 0 Å². The lowest BCUT2D eigenvalue weighted by Gasteiger charge is -2.21. The maximum Gasteiger partial charge on any atom is 0.138 e. The van der Waals surface area contributed by atoms with Gasteiger partial charge >= 0.3 is 0 Å². The Labute approximate surface area is 96.5 Å². The fraction of sp³-hybridized carbons (Fsp3) is 0.267. The number of hydrogen-bond acceptors (Lipinski definition) is 1. The molecule has 0 spiro atoms. The summed E-state index contributed by atoms with van der Waals surface area (Å²) in [5.41, 5.74) is 1.11. The molecule has 1 atom stereocenters. The summed E-state index contributed by atoms with van der Waals surface area (Å²) in [4.78, 5) is 11.8. The molecule has 0 aromatic heterocycles. The van der Waals surface area contributed by atoms with Crippen molar-refractivity contribution in [2.45, 2.75) is 19.3 Å². The number of carbonyl (C=O) groups excluding carboxylic acids is 1. The highest BCUT2D eigenvalue weighted by Gasteiger charge is 2.23. The quantitative estimate of drug-likeness (QED) is 0.701. The molecule has 0 saturated carbocycles. The molecule has 2 rings (SSSR count). The van der Waals surface area contributed by atoms with E-state index in [4.69, 9.17) is 0 Å². The molecule has 0 bridgehead atoms. The van der Waals surface area contributed by atoms with Crippen LogP contribution >= 0.6 is 0 Å². The van der Waals surface area contributed by atoms with Crippen LogP contribution in [0.2, 0.25) is 0 Å². The van der Waals surface area contributed by atoms with Crippen molar-refractivity contribution in [3.8, 4) is 0 Å². The van der Waals surface area contributed by atoms with Gasteiger partial charge in [-0.2, -0.15) is 0 Å². The number of carbonyl (C=O) groups is 1. The summed E-state index contributed by atoms with van der Waals surface area (Å²) in [7, 11) is 0. The number of rotatable bonds is 3. The smallest absolute Gasteiger partial charge is 0.138 e. The van der Waals surface area contributed by atoms with Gasteiger partial charge in [-0.3, -0.25) is 4.79 Å². The predicted molar refractivity (Wildman–Crippen MR) is 66.3 cm³/mol. The first-order valence-corrected chi connectivity index (χ1v) is 5.68. The van der Waals surface area contributed by atoms with Gasteiger partial charge in [-0.1, -0.05) is 54.6 Å². The molecule has 1 aromatic rings. The number of allylic oxidation sites excluding steroid dienone is 4. The largest absolute Gasteiger partial charge is 0.299 e. The Morgan fingerprint density at radius 1 is 1.19 bits per heavy atom. The molecule has 0 fully saturated rings. The van der Waals surface area contributed by atoms with E-state index in [2.05, 4.69) is 24.3 Å². The molecule has 0 saturated heterocycles. The van der Waals surface area contributed by atoms with Gasteiger partial charge in [0.15, 0.2) is 0 Å². The van der Waals surface area contributed by atoms with Crippen molar-refractivity contribution in [1.82, 2.24) is 0 Å². The summed E-state index contributed by atoms with van der Waals surface area (Å²) in [6.07, 6.45) is 9.52. The average Bonchev–Trinajstić information content (AvgIpc) is 2.31. The lowest BCUT2D eigenvalue weighted by Crippen LogP contribution is -2.17. The van der Waals surface area contributed by atoms with E-state index in [1.807, 2.05) is 30.3 Å². The highest BCUT2D eigenvalue weighted by molar-refractivity contribution is 5.84. The van der Waals surface area contributed by atoms with Gasteiger partial charge in [0.05, 0.1) is 5.92 Å². The molecule has 16 heavy (non-hydrogen) atoms. The number of hydrogen-bond donors (Lipinski definition) is 0. The molecule has 1 aliphatic rings. The first-order chi connectivity index (χ1) is 7.79. The van der Waals surface area contributed by atoms with E-state index in [1.54, 1.807) is 6.92 Å². The first kappa shape index (κ1) is 10.9. The second-order valence-corrected chi connectivity index (χ2v) is 4.17. The molecule has 0 aliphatic heterocycles. The van der Waals surface area contributed by atoms with Crippen LogP contribution in [0.25, 0.3) is 0 Å². The zero-order valence-corrected chi connectivity index (χ0v) is 9.47. The van der Waals surface area contributed by atoms with Crippen LogP contribution in [0.3, 0.4) is 0 Å². The van der Waals surface area contributed by atoms with Crippen LogP contribution in [0.1, 0.15) is 24.8 Å². The number of benzene rings is 1. The minimum Gasteiger partial charge on any atom is -0.299 e. The molecule has 0 unspecified atom stereocenters. The lowest BCUT2D eigenvalue weighted by molar-refractivity contribution is -0.118. The van der Waals surface area contributed by atoms with Crippen molar-refractivity contribution < 1.29 is 4.79 Å². The van der Waals surface area contributed by atoms with E-state index in [0.717, 1.165) is 12.0 Å². The van der Waals surface area contributed by atoms with Crippen molar-refractivity contribution in [2.24, 2.45) is 5.92 Å². The summed E-state index contributed by atoms with van der Waals surface area (Å²) >= 11 is 0. The SMILES string of the molecule is CC(=O)[C@@H](c1ccccc1)C1C=CCC=C1.